The Labute approximate surface area is 161 Å². The molecule has 0 bridgehead atoms. The van der Waals surface area contributed by atoms with Crippen LogP contribution in [0.4, 0.5) is 5.95 Å². The van der Waals surface area contributed by atoms with Crippen LogP contribution in [0.2, 0.25) is 0 Å². The number of fused-ring (bicyclic) bond motifs is 1. The van der Waals surface area contributed by atoms with Crippen LogP contribution in [0.5, 0.6) is 0 Å². The second-order valence-corrected chi connectivity index (χ2v) is 6.61. The summed E-state index contributed by atoms with van der Waals surface area (Å²) in [5, 5.41) is 9.64. The zero-order valence-corrected chi connectivity index (χ0v) is 15.2. The lowest BCUT2D eigenvalue weighted by Crippen LogP contribution is -2.58. The van der Waals surface area contributed by atoms with E-state index in [4.69, 9.17) is 0 Å². The molecule has 0 unspecified atom stereocenters. The number of amides is 1. The standard InChI is InChI=1S/C19H20N6O3/c26-17(6-9-24-13-22-14-4-1-2-5-15(14)24)25-11-10-23(12-16(25)18(27)28)19-20-7-3-8-21-19/h1-5,7-8,13,16H,6,9-12H2,(H,27,28)/t16-/m1/s1. The van der Waals surface area contributed by atoms with Gasteiger partial charge in [0.25, 0.3) is 0 Å². The number of hydrogen-bond acceptors (Lipinski definition) is 6. The quantitative estimate of drug-likeness (QED) is 0.704. The smallest absolute Gasteiger partial charge is 0.328 e. The molecule has 1 saturated heterocycles. The number of carboxylic acids is 1. The van der Waals surface area contributed by atoms with Gasteiger partial charge in [-0.3, -0.25) is 4.79 Å². The lowest BCUT2D eigenvalue weighted by atomic mass is 10.1. The molecule has 0 aliphatic carbocycles. The second kappa shape index (κ2) is 7.63. The number of para-hydroxylation sites is 2. The molecular formula is C19H20N6O3. The van der Waals surface area contributed by atoms with Crippen LogP contribution in [0.25, 0.3) is 11.0 Å². The minimum atomic E-state index is -1.03. The van der Waals surface area contributed by atoms with Crippen LogP contribution in [-0.2, 0) is 16.1 Å². The van der Waals surface area contributed by atoms with E-state index >= 15 is 0 Å². The fourth-order valence-corrected chi connectivity index (χ4v) is 3.48. The summed E-state index contributed by atoms with van der Waals surface area (Å²) in [6.45, 7) is 1.43. The summed E-state index contributed by atoms with van der Waals surface area (Å²) >= 11 is 0. The molecule has 28 heavy (non-hydrogen) atoms. The van der Waals surface area contributed by atoms with Crippen LogP contribution in [0.3, 0.4) is 0 Å². The largest absolute Gasteiger partial charge is 0.480 e. The Morgan fingerprint density at radius 1 is 1.07 bits per heavy atom. The van der Waals surface area contributed by atoms with Crippen LogP contribution in [-0.4, -0.2) is 67.1 Å². The van der Waals surface area contributed by atoms with Gasteiger partial charge in [0.1, 0.15) is 6.04 Å². The van der Waals surface area contributed by atoms with E-state index in [9.17, 15) is 14.7 Å². The van der Waals surface area contributed by atoms with Crippen molar-refractivity contribution >= 4 is 28.9 Å². The van der Waals surface area contributed by atoms with Crippen molar-refractivity contribution in [1.29, 1.82) is 0 Å². The number of aromatic nitrogens is 4. The van der Waals surface area contributed by atoms with E-state index in [-0.39, 0.29) is 18.9 Å². The van der Waals surface area contributed by atoms with Gasteiger partial charge in [0.2, 0.25) is 11.9 Å². The summed E-state index contributed by atoms with van der Waals surface area (Å²) in [4.78, 5) is 40.5. The van der Waals surface area contributed by atoms with E-state index in [1.54, 1.807) is 29.7 Å². The molecule has 1 amide bonds. The number of rotatable bonds is 5. The van der Waals surface area contributed by atoms with E-state index in [1.165, 1.54) is 4.90 Å². The molecule has 2 aromatic heterocycles. The van der Waals surface area contributed by atoms with E-state index < -0.39 is 12.0 Å². The summed E-state index contributed by atoms with van der Waals surface area (Å²) in [6.07, 6.45) is 5.15. The molecule has 9 heteroatoms. The molecule has 1 aliphatic rings. The van der Waals surface area contributed by atoms with Gasteiger partial charge in [-0.1, -0.05) is 12.1 Å². The first-order valence-electron chi connectivity index (χ1n) is 9.07. The van der Waals surface area contributed by atoms with Gasteiger partial charge < -0.3 is 19.5 Å². The van der Waals surface area contributed by atoms with Crippen LogP contribution in [0, 0.1) is 0 Å². The molecule has 1 N–H and O–H groups in total. The Kier molecular flexibility index (Phi) is 4.88. The highest BCUT2D eigenvalue weighted by atomic mass is 16.4. The van der Waals surface area contributed by atoms with Gasteiger partial charge in [-0.05, 0) is 18.2 Å². The van der Waals surface area contributed by atoms with Crippen molar-refractivity contribution in [1.82, 2.24) is 24.4 Å². The van der Waals surface area contributed by atoms with Crippen molar-refractivity contribution in [2.75, 3.05) is 24.5 Å². The maximum Gasteiger partial charge on any atom is 0.328 e. The van der Waals surface area contributed by atoms with Gasteiger partial charge >= 0.3 is 5.97 Å². The molecule has 3 heterocycles. The Balaban J connectivity index is 1.44. The minimum absolute atomic E-state index is 0.166. The van der Waals surface area contributed by atoms with Crippen molar-refractivity contribution in [3.63, 3.8) is 0 Å². The molecule has 0 radical (unpaired) electrons. The number of anilines is 1. The maximum absolute atomic E-state index is 12.8. The molecule has 0 spiro atoms. The van der Waals surface area contributed by atoms with Crippen LogP contribution >= 0.6 is 0 Å². The Morgan fingerprint density at radius 2 is 1.86 bits per heavy atom. The summed E-state index contributed by atoms with van der Waals surface area (Å²) < 4.78 is 1.91. The molecule has 1 aromatic carbocycles. The fourth-order valence-electron chi connectivity index (χ4n) is 3.48. The normalized spacial score (nSPS) is 17.1. The predicted molar refractivity (Wildman–Crippen MR) is 102 cm³/mol. The molecule has 1 fully saturated rings. The number of aryl methyl sites for hydroxylation is 1. The molecule has 144 valence electrons. The van der Waals surface area contributed by atoms with Crippen LogP contribution < -0.4 is 4.90 Å². The Hall–Kier alpha value is -3.49. The van der Waals surface area contributed by atoms with Gasteiger partial charge in [0.15, 0.2) is 0 Å². The van der Waals surface area contributed by atoms with E-state index in [1.807, 2.05) is 28.8 Å². The first-order chi connectivity index (χ1) is 13.6. The second-order valence-electron chi connectivity index (χ2n) is 6.61. The fraction of sp³-hybridized carbons (Fsp3) is 0.316. The average molecular weight is 380 g/mol. The predicted octanol–water partition coefficient (Wildman–Crippen LogP) is 1.02. The van der Waals surface area contributed by atoms with Crippen molar-refractivity contribution < 1.29 is 14.7 Å². The number of nitrogens with zero attached hydrogens (tertiary/aromatic N) is 6. The molecule has 1 atom stereocenters. The summed E-state index contributed by atoms with van der Waals surface area (Å²) in [5.41, 5.74) is 1.82. The third kappa shape index (κ3) is 3.51. The third-order valence-electron chi connectivity index (χ3n) is 4.91. The first-order valence-corrected chi connectivity index (χ1v) is 9.07. The van der Waals surface area contributed by atoms with E-state index in [2.05, 4.69) is 15.0 Å². The van der Waals surface area contributed by atoms with Gasteiger partial charge in [0, 0.05) is 38.4 Å². The number of carboxylic acid groups (broad SMARTS) is 1. The number of hydrogen-bond donors (Lipinski definition) is 1. The van der Waals surface area contributed by atoms with Gasteiger partial charge in [-0.15, -0.1) is 0 Å². The molecule has 1 aliphatic heterocycles. The van der Waals surface area contributed by atoms with Crippen molar-refractivity contribution in [3.8, 4) is 0 Å². The lowest BCUT2D eigenvalue weighted by Gasteiger charge is -2.39. The zero-order valence-electron chi connectivity index (χ0n) is 15.2. The minimum Gasteiger partial charge on any atom is -0.480 e. The SMILES string of the molecule is O=C(O)[C@H]1CN(c2ncccn2)CCN1C(=O)CCn1cnc2ccccc21. The number of piperazine rings is 1. The van der Waals surface area contributed by atoms with Crippen molar-refractivity contribution in [3.05, 3.63) is 49.1 Å². The summed E-state index contributed by atoms with van der Waals surface area (Å²) in [6, 6.07) is 8.48. The van der Waals surface area contributed by atoms with Gasteiger partial charge in [0.05, 0.1) is 23.9 Å². The highest BCUT2D eigenvalue weighted by Gasteiger charge is 2.35. The highest BCUT2D eigenvalue weighted by molar-refractivity contribution is 5.85. The zero-order chi connectivity index (χ0) is 19.5. The van der Waals surface area contributed by atoms with Crippen LogP contribution in [0.1, 0.15) is 6.42 Å². The van der Waals surface area contributed by atoms with E-state index in [0.717, 1.165) is 11.0 Å². The monoisotopic (exact) mass is 380 g/mol. The van der Waals surface area contributed by atoms with E-state index in [0.29, 0.717) is 25.6 Å². The molecule has 3 aromatic rings. The number of carbonyl (C=O) groups is 2. The topological polar surface area (TPSA) is 104 Å². The van der Waals surface area contributed by atoms with Gasteiger partial charge in [-0.2, -0.15) is 0 Å². The molecule has 0 saturated carbocycles. The maximum atomic E-state index is 12.8. The Morgan fingerprint density at radius 3 is 2.64 bits per heavy atom. The number of aliphatic carboxylic acids is 1. The number of imidazole rings is 1. The number of carbonyl (C=O) groups excluding carboxylic acids is 1. The molecular weight excluding hydrogens is 360 g/mol. The average Bonchev–Trinajstić information content (AvgIpc) is 3.15. The van der Waals surface area contributed by atoms with Crippen LogP contribution in [0.15, 0.2) is 49.1 Å². The molecule has 4 rings (SSSR count). The van der Waals surface area contributed by atoms with Crippen molar-refractivity contribution in [2.24, 2.45) is 0 Å². The molecule has 9 nitrogen and oxygen atoms in total. The lowest BCUT2D eigenvalue weighted by molar-refractivity contribution is -0.150. The summed E-state index contributed by atoms with van der Waals surface area (Å²) in [7, 11) is 0. The third-order valence-corrected chi connectivity index (χ3v) is 4.91. The Bertz CT molecular complexity index is 990. The first kappa shape index (κ1) is 17.9. The number of benzene rings is 1. The van der Waals surface area contributed by atoms with Gasteiger partial charge in [-0.25, -0.2) is 19.7 Å². The van der Waals surface area contributed by atoms with Crippen molar-refractivity contribution in [2.45, 2.75) is 19.0 Å². The highest BCUT2D eigenvalue weighted by Crippen LogP contribution is 2.17. The summed E-state index contributed by atoms with van der Waals surface area (Å²) in [5.74, 6) is -0.730.